The molecule has 1 N–H and O–H groups in total. The normalized spacial score (nSPS) is 10.5. The summed E-state index contributed by atoms with van der Waals surface area (Å²) in [7, 11) is 0. The van der Waals surface area contributed by atoms with Gasteiger partial charge in [0.15, 0.2) is 5.75 Å². The van der Waals surface area contributed by atoms with Gasteiger partial charge in [-0.25, -0.2) is 4.79 Å². The average molecular weight is 354 g/mol. The number of carbonyl (C=O) groups is 1. The Morgan fingerprint density at radius 1 is 1.23 bits per heavy atom. The second kappa shape index (κ2) is 7.06. The van der Waals surface area contributed by atoms with E-state index in [2.05, 4.69) is 5.32 Å². The number of para-hydroxylation sites is 2. The number of ether oxygens (including phenoxy) is 1. The van der Waals surface area contributed by atoms with Gasteiger partial charge in [0, 0.05) is 41.8 Å². The topological polar surface area (TPSA) is 112 Å². The monoisotopic (exact) mass is 354 g/mol. The molecule has 0 saturated carbocycles. The van der Waals surface area contributed by atoms with Gasteiger partial charge < -0.3 is 14.5 Å². The van der Waals surface area contributed by atoms with Crippen LogP contribution in [0.25, 0.3) is 11.0 Å². The zero-order chi connectivity index (χ0) is 18.7. The molecule has 0 aliphatic rings. The van der Waals surface area contributed by atoms with Gasteiger partial charge in [-0.1, -0.05) is 12.1 Å². The van der Waals surface area contributed by atoms with E-state index < -0.39 is 10.5 Å². The summed E-state index contributed by atoms with van der Waals surface area (Å²) in [6.45, 7) is 1.32. The van der Waals surface area contributed by atoms with E-state index in [1.54, 1.807) is 24.3 Å². The fourth-order valence-corrected chi connectivity index (χ4v) is 2.52. The number of rotatable bonds is 5. The van der Waals surface area contributed by atoms with Crippen molar-refractivity contribution >= 4 is 28.3 Å². The summed E-state index contributed by atoms with van der Waals surface area (Å²) in [6.07, 6.45) is 0. The van der Waals surface area contributed by atoms with E-state index in [0.29, 0.717) is 16.6 Å². The van der Waals surface area contributed by atoms with Crippen LogP contribution in [0.2, 0.25) is 0 Å². The number of nitro groups is 1. The predicted molar refractivity (Wildman–Crippen MR) is 94.2 cm³/mol. The molecule has 1 aromatic heterocycles. The zero-order valence-electron chi connectivity index (χ0n) is 13.7. The molecule has 2 aromatic carbocycles. The minimum atomic E-state index is -0.585. The summed E-state index contributed by atoms with van der Waals surface area (Å²) in [6, 6.07) is 12.1. The lowest BCUT2D eigenvalue weighted by Gasteiger charge is -2.09. The van der Waals surface area contributed by atoms with Crippen LogP contribution in [-0.4, -0.2) is 10.8 Å². The maximum Gasteiger partial charge on any atom is 0.336 e. The van der Waals surface area contributed by atoms with Crippen molar-refractivity contribution in [1.82, 2.24) is 0 Å². The van der Waals surface area contributed by atoms with Gasteiger partial charge in [-0.3, -0.25) is 14.9 Å². The Balaban J connectivity index is 1.94. The van der Waals surface area contributed by atoms with E-state index in [4.69, 9.17) is 9.15 Å². The van der Waals surface area contributed by atoms with E-state index in [0.717, 1.165) is 0 Å². The molecule has 3 aromatic rings. The summed E-state index contributed by atoms with van der Waals surface area (Å²) < 4.78 is 10.7. The van der Waals surface area contributed by atoms with Crippen molar-refractivity contribution in [3.05, 3.63) is 74.6 Å². The molecule has 1 heterocycles. The lowest BCUT2D eigenvalue weighted by Crippen LogP contribution is -2.07. The van der Waals surface area contributed by atoms with Crippen LogP contribution in [0.3, 0.4) is 0 Å². The number of carbonyl (C=O) groups excluding carboxylic acids is 1. The van der Waals surface area contributed by atoms with Gasteiger partial charge in [0.05, 0.1) is 4.92 Å². The molecule has 0 atom stereocenters. The maximum absolute atomic E-state index is 11.8. The first-order valence-electron chi connectivity index (χ1n) is 7.64. The van der Waals surface area contributed by atoms with Gasteiger partial charge in [-0.2, -0.15) is 0 Å². The number of hydrogen-bond acceptors (Lipinski definition) is 6. The molecule has 0 radical (unpaired) electrons. The Labute approximate surface area is 147 Å². The molecule has 132 valence electrons. The summed E-state index contributed by atoms with van der Waals surface area (Å²) >= 11 is 0. The molecule has 26 heavy (non-hydrogen) atoms. The Morgan fingerprint density at radius 2 is 2.00 bits per heavy atom. The first-order chi connectivity index (χ1) is 12.4. The molecular formula is C18H14N2O6. The molecule has 0 spiro atoms. The molecule has 0 aliphatic carbocycles. The third kappa shape index (κ3) is 3.69. The van der Waals surface area contributed by atoms with Crippen LogP contribution >= 0.6 is 0 Å². The van der Waals surface area contributed by atoms with Crippen LogP contribution in [0.5, 0.6) is 5.75 Å². The van der Waals surface area contributed by atoms with Crippen molar-refractivity contribution in [2.45, 2.75) is 13.5 Å². The van der Waals surface area contributed by atoms with E-state index in [9.17, 15) is 19.7 Å². The van der Waals surface area contributed by atoms with E-state index in [1.807, 2.05) is 0 Å². The van der Waals surface area contributed by atoms with Gasteiger partial charge >= 0.3 is 11.3 Å². The van der Waals surface area contributed by atoms with Gasteiger partial charge in [-0.15, -0.1) is 0 Å². The Bertz CT molecular complexity index is 1060. The highest BCUT2D eigenvalue weighted by molar-refractivity contribution is 5.92. The SMILES string of the molecule is CC(=O)Nc1ccc2c(COc3ccccc3[N+](=O)[O-])cc(=O)oc2c1. The molecule has 0 aliphatic heterocycles. The predicted octanol–water partition coefficient (Wildman–Crippen LogP) is 3.24. The molecule has 0 fully saturated rings. The molecule has 3 rings (SSSR count). The quantitative estimate of drug-likeness (QED) is 0.428. The third-order valence-corrected chi connectivity index (χ3v) is 3.60. The smallest absolute Gasteiger partial charge is 0.336 e. The van der Waals surface area contributed by atoms with Crippen LogP contribution in [0.4, 0.5) is 11.4 Å². The first-order valence-corrected chi connectivity index (χ1v) is 7.64. The fourth-order valence-electron chi connectivity index (χ4n) is 2.52. The van der Waals surface area contributed by atoms with Crippen LogP contribution < -0.4 is 15.7 Å². The Morgan fingerprint density at radius 3 is 2.73 bits per heavy atom. The van der Waals surface area contributed by atoms with Gasteiger partial charge in [0.25, 0.3) is 0 Å². The number of nitro benzene ring substituents is 1. The van der Waals surface area contributed by atoms with Crippen LogP contribution in [0.1, 0.15) is 12.5 Å². The van der Waals surface area contributed by atoms with Gasteiger partial charge in [-0.05, 0) is 18.2 Å². The fraction of sp³-hybridized carbons (Fsp3) is 0.111. The summed E-state index contributed by atoms with van der Waals surface area (Å²) in [5.41, 5.74) is 0.546. The zero-order valence-corrected chi connectivity index (χ0v) is 13.7. The molecule has 0 saturated heterocycles. The number of benzene rings is 2. The molecule has 8 heteroatoms. The van der Waals surface area contributed by atoms with E-state index in [-0.39, 0.29) is 29.5 Å². The van der Waals surface area contributed by atoms with Crippen LogP contribution in [0, 0.1) is 10.1 Å². The highest BCUT2D eigenvalue weighted by Crippen LogP contribution is 2.28. The standard InChI is InChI=1S/C18H14N2O6/c1-11(21)19-13-6-7-14-12(8-18(22)26-17(14)9-13)10-25-16-5-3-2-4-15(16)20(23)24/h2-9H,10H2,1H3,(H,19,21). The Hall–Kier alpha value is -3.68. The molecule has 8 nitrogen and oxygen atoms in total. The van der Waals surface area contributed by atoms with E-state index >= 15 is 0 Å². The van der Waals surface area contributed by atoms with Gasteiger partial charge in [0.2, 0.25) is 5.91 Å². The third-order valence-electron chi connectivity index (χ3n) is 3.60. The molecular weight excluding hydrogens is 340 g/mol. The summed E-state index contributed by atoms with van der Waals surface area (Å²) in [5, 5.41) is 14.3. The van der Waals surface area contributed by atoms with Crippen molar-refractivity contribution in [2.24, 2.45) is 0 Å². The second-order valence-electron chi connectivity index (χ2n) is 5.50. The lowest BCUT2D eigenvalue weighted by molar-refractivity contribution is -0.385. The highest BCUT2D eigenvalue weighted by atomic mass is 16.6. The van der Waals surface area contributed by atoms with Crippen molar-refractivity contribution < 1.29 is 18.9 Å². The number of amides is 1. The number of fused-ring (bicyclic) bond motifs is 1. The Kier molecular flexibility index (Phi) is 4.66. The summed E-state index contributed by atoms with van der Waals surface area (Å²) in [4.78, 5) is 33.5. The summed E-state index contributed by atoms with van der Waals surface area (Å²) in [5.74, 6) is -0.142. The van der Waals surface area contributed by atoms with Crippen molar-refractivity contribution in [1.29, 1.82) is 0 Å². The minimum Gasteiger partial charge on any atom is -0.482 e. The molecule has 1 amide bonds. The number of nitrogens with one attached hydrogen (secondary N) is 1. The van der Waals surface area contributed by atoms with Crippen molar-refractivity contribution in [3.8, 4) is 5.75 Å². The van der Waals surface area contributed by atoms with E-state index in [1.165, 1.54) is 31.2 Å². The highest BCUT2D eigenvalue weighted by Gasteiger charge is 2.15. The molecule has 0 unspecified atom stereocenters. The largest absolute Gasteiger partial charge is 0.482 e. The van der Waals surface area contributed by atoms with Crippen LogP contribution in [-0.2, 0) is 11.4 Å². The first kappa shape index (κ1) is 17.2. The van der Waals surface area contributed by atoms with Crippen molar-refractivity contribution in [3.63, 3.8) is 0 Å². The van der Waals surface area contributed by atoms with Crippen LogP contribution in [0.15, 0.2) is 57.7 Å². The van der Waals surface area contributed by atoms with Gasteiger partial charge in [0.1, 0.15) is 12.2 Å². The lowest BCUT2D eigenvalue weighted by atomic mass is 10.1. The number of nitrogens with zero attached hydrogens (tertiary/aromatic N) is 1. The maximum atomic E-state index is 11.8. The number of anilines is 1. The molecule has 0 bridgehead atoms. The second-order valence-corrected chi connectivity index (χ2v) is 5.50. The minimum absolute atomic E-state index is 0.0492. The van der Waals surface area contributed by atoms with Crippen molar-refractivity contribution in [2.75, 3.05) is 5.32 Å². The average Bonchev–Trinajstić information content (AvgIpc) is 2.58. The number of hydrogen-bond donors (Lipinski definition) is 1.